The quantitative estimate of drug-likeness (QED) is 0.380. The fraction of sp³-hybridized carbons (Fsp3) is 0.0909. The van der Waals surface area contributed by atoms with E-state index in [0.29, 0.717) is 16.3 Å². The molecule has 1 aliphatic heterocycles. The van der Waals surface area contributed by atoms with Gasteiger partial charge in [0.25, 0.3) is 11.1 Å². The molecule has 0 spiro atoms. The van der Waals surface area contributed by atoms with Crippen LogP contribution in [0, 0.1) is 0 Å². The fourth-order valence-corrected chi connectivity index (χ4v) is 4.05. The van der Waals surface area contributed by atoms with Gasteiger partial charge < -0.3 is 18.7 Å². The van der Waals surface area contributed by atoms with Crippen molar-refractivity contribution >= 4 is 52.5 Å². The van der Waals surface area contributed by atoms with Gasteiger partial charge in [-0.3, -0.25) is 14.5 Å². The summed E-state index contributed by atoms with van der Waals surface area (Å²) in [4.78, 5) is 48.9. The summed E-state index contributed by atoms with van der Waals surface area (Å²) >= 11 is 6.90. The Bertz CT molecular complexity index is 1320. The van der Waals surface area contributed by atoms with E-state index in [2.05, 4.69) is 4.74 Å². The summed E-state index contributed by atoms with van der Waals surface area (Å²) in [6.45, 7) is -0.153. The predicted molar refractivity (Wildman–Crippen MR) is 118 cm³/mol. The summed E-state index contributed by atoms with van der Waals surface area (Å²) in [5.41, 5.74) is 0.422. The van der Waals surface area contributed by atoms with Crippen LogP contribution in [-0.4, -0.2) is 40.2 Å². The van der Waals surface area contributed by atoms with Crippen molar-refractivity contribution in [2.75, 3.05) is 7.11 Å². The molecule has 0 atom stereocenters. The highest BCUT2D eigenvalue weighted by Gasteiger charge is 2.36. The molecule has 2 aromatic heterocycles. The zero-order chi connectivity index (χ0) is 23.7. The molecular formula is C22H14ClNO8S. The Hall–Kier alpha value is -3.76. The number of carboxylic acids is 1. The van der Waals surface area contributed by atoms with Crippen LogP contribution in [0.5, 0.6) is 0 Å². The molecule has 9 nitrogen and oxygen atoms in total. The number of nitrogens with zero attached hydrogens (tertiary/aromatic N) is 1. The Balaban J connectivity index is 1.53. The summed E-state index contributed by atoms with van der Waals surface area (Å²) < 4.78 is 15.6. The number of aromatic carboxylic acids is 1. The second-order valence-electron chi connectivity index (χ2n) is 6.73. The van der Waals surface area contributed by atoms with Crippen LogP contribution >= 0.6 is 23.4 Å². The van der Waals surface area contributed by atoms with Gasteiger partial charge in [0.15, 0.2) is 0 Å². The van der Waals surface area contributed by atoms with Crippen molar-refractivity contribution in [3.05, 3.63) is 75.2 Å². The SMILES string of the molecule is COC(=O)c1ccc(CN2C(=O)S/C(=C/c3ccc(-c4cc(C(=O)O)ccc4Cl)o3)C2=O)o1. The van der Waals surface area contributed by atoms with Crippen LogP contribution < -0.4 is 0 Å². The Morgan fingerprint density at radius 1 is 1.15 bits per heavy atom. The molecule has 1 fully saturated rings. The van der Waals surface area contributed by atoms with Crippen molar-refractivity contribution < 1.29 is 37.9 Å². The van der Waals surface area contributed by atoms with Gasteiger partial charge in [-0.2, -0.15) is 0 Å². The number of methoxy groups -OCH3 is 1. The highest BCUT2D eigenvalue weighted by molar-refractivity contribution is 8.18. The van der Waals surface area contributed by atoms with Crippen LogP contribution in [0.2, 0.25) is 5.02 Å². The zero-order valence-electron chi connectivity index (χ0n) is 16.9. The molecule has 0 bridgehead atoms. The van der Waals surface area contributed by atoms with E-state index in [4.69, 9.17) is 20.4 Å². The predicted octanol–water partition coefficient (Wildman–Crippen LogP) is 4.91. The number of ether oxygens (including phenoxy) is 1. The highest BCUT2D eigenvalue weighted by Crippen LogP contribution is 2.35. The minimum Gasteiger partial charge on any atom is -0.478 e. The number of carbonyl (C=O) groups is 4. The van der Waals surface area contributed by atoms with Gasteiger partial charge in [0, 0.05) is 11.6 Å². The first-order chi connectivity index (χ1) is 15.8. The molecule has 11 heteroatoms. The van der Waals surface area contributed by atoms with Gasteiger partial charge in [0.1, 0.15) is 17.3 Å². The van der Waals surface area contributed by atoms with Gasteiger partial charge >= 0.3 is 11.9 Å². The Morgan fingerprint density at radius 2 is 1.94 bits per heavy atom. The number of esters is 1. The molecule has 33 heavy (non-hydrogen) atoms. The third kappa shape index (κ3) is 4.57. The minimum atomic E-state index is -1.11. The number of rotatable bonds is 6. The molecular weight excluding hydrogens is 474 g/mol. The lowest BCUT2D eigenvalue weighted by Crippen LogP contribution is -2.27. The molecule has 1 aliphatic rings. The number of carboxylic acid groups (broad SMARTS) is 1. The molecule has 3 aromatic rings. The van der Waals surface area contributed by atoms with Crippen molar-refractivity contribution in [1.29, 1.82) is 0 Å². The van der Waals surface area contributed by atoms with E-state index in [9.17, 15) is 24.3 Å². The number of hydrogen-bond acceptors (Lipinski definition) is 8. The summed E-state index contributed by atoms with van der Waals surface area (Å²) in [6, 6.07) is 10.2. The lowest BCUT2D eigenvalue weighted by Gasteiger charge is -2.09. The molecule has 1 N–H and O–H groups in total. The number of hydrogen-bond donors (Lipinski definition) is 1. The maximum Gasteiger partial charge on any atom is 0.373 e. The average Bonchev–Trinajstić information content (AvgIpc) is 3.51. The van der Waals surface area contributed by atoms with Crippen molar-refractivity contribution in [3.8, 4) is 11.3 Å². The van der Waals surface area contributed by atoms with E-state index in [0.717, 1.165) is 16.7 Å². The average molecular weight is 488 g/mol. The van der Waals surface area contributed by atoms with Crippen LogP contribution in [0.25, 0.3) is 17.4 Å². The summed E-state index contributed by atoms with van der Waals surface area (Å²) in [5, 5.41) is 8.97. The topological polar surface area (TPSA) is 127 Å². The van der Waals surface area contributed by atoms with Crippen LogP contribution in [0.15, 0.2) is 56.2 Å². The maximum atomic E-state index is 12.7. The number of amides is 2. The molecule has 1 aromatic carbocycles. The van der Waals surface area contributed by atoms with E-state index < -0.39 is 23.1 Å². The lowest BCUT2D eigenvalue weighted by molar-refractivity contribution is -0.123. The summed E-state index contributed by atoms with van der Waals surface area (Å²) in [5.74, 6) is -1.54. The number of halogens is 1. The molecule has 0 radical (unpaired) electrons. The highest BCUT2D eigenvalue weighted by atomic mass is 35.5. The first-order valence-corrected chi connectivity index (χ1v) is 10.5. The van der Waals surface area contributed by atoms with Crippen molar-refractivity contribution in [2.24, 2.45) is 0 Å². The minimum absolute atomic E-state index is 0.0382. The summed E-state index contributed by atoms with van der Waals surface area (Å²) in [7, 11) is 1.21. The van der Waals surface area contributed by atoms with Crippen molar-refractivity contribution in [2.45, 2.75) is 6.54 Å². The Morgan fingerprint density at radius 3 is 2.67 bits per heavy atom. The number of imide groups is 1. The van der Waals surface area contributed by atoms with Crippen LogP contribution in [0.3, 0.4) is 0 Å². The van der Waals surface area contributed by atoms with Crippen LogP contribution in [0.4, 0.5) is 4.79 Å². The molecule has 4 rings (SSSR count). The normalized spacial score (nSPS) is 14.8. The Labute approximate surface area is 195 Å². The van der Waals surface area contributed by atoms with Gasteiger partial charge in [-0.1, -0.05) is 11.6 Å². The van der Waals surface area contributed by atoms with Crippen LogP contribution in [0.1, 0.15) is 32.4 Å². The first-order valence-electron chi connectivity index (χ1n) is 9.32. The smallest absolute Gasteiger partial charge is 0.373 e. The molecule has 1 saturated heterocycles. The number of benzene rings is 1. The third-order valence-electron chi connectivity index (χ3n) is 4.61. The van der Waals surface area contributed by atoms with E-state index in [1.54, 1.807) is 12.1 Å². The van der Waals surface area contributed by atoms with E-state index >= 15 is 0 Å². The second-order valence-corrected chi connectivity index (χ2v) is 8.13. The van der Waals surface area contributed by atoms with E-state index in [1.165, 1.54) is 43.5 Å². The van der Waals surface area contributed by atoms with Gasteiger partial charge in [-0.05, 0) is 54.2 Å². The lowest BCUT2D eigenvalue weighted by atomic mass is 10.1. The molecule has 0 saturated carbocycles. The molecule has 2 amide bonds. The second kappa shape index (κ2) is 9.00. The monoisotopic (exact) mass is 487 g/mol. The molecule has 0 unspecified atom stereocenters. The zero-order valence-corrected chi connectivity index (χ0v) is 18.4. The first kappa shape index (κ1) is 22.4. The number of carbonyl (C=O) groups excluding carboxylic acids is 3. The Kier molecular flexibility index (Phi) is 6.12. The van der Waals surface area contributed by atoms with Crippen molar-refractivity contribution in [3.63, 3.8) is 0 Å². The van der Waals surface area contributed by atoms with E-state index in [1.807, 2.05) is 0 Å². The summed E-state index contributed by atoms with van der Waals surface area (Å²) in [6.07, 6.45) is 1.41. The van der Waals surface area contributed by atoms with Crippen LogP contribution in [-0.2, 0) is 16.1 Å². The number of furan rings is 2. The molecule has 0 aliphatic carbocycles. The van der Waals surface area contributed by atoms with Gasteiger partial charge in [0.05, 0.1) is 29.1 Å². The number of thioether (sulfide) groups is 1. The van der Waals surface area contributed by atoms with Gasteiger partial charge in [-0.25, -0.2) is 9.59 Å². The molecule has 168 valence electrons. The van der Waals surface area contributed by atoms with Crippen molar-refractivity contribution in [1.82, 2.24) is 4.90 Å². The van der Waals surface area contributed by atoms with Gasteiger partial charge in [-0.15, -0.1) is 0 Å². The third-order valence-corrected chi connectivity index (χ3v) is 5.85. The van der Waals surface area contributed by atoms with Gasteiger partial charge in [0.2, 0.25) is 5.76 Å². The standard InChI is InChI=1S/C22H14ClNO8S/c1-30-21(28)17-7-4-13(32-17)10-24-19(25)18(33-22(24)29)9-12-3-6-16(31-12)14-8-11(20(26)27)2-5-15(14)23/h2-9H,10H2,1H3,(H,26,27)/b18-9+. The molecule has 3 heterocycles. The fourth-order valence-electron chi connectivity index (χ4n) is 3.02. The maximum absolute atomic E-state index is 12.7. The van der Waals surface area contributed by atoms with E-state index in [-0.39, 0.29) is 34.3 Å². The largest absolute Gasteiger partial charge is 0.478 e.